The molecule has 1 aromatic heterocycles. The van der Waals surface area contributed by atoms with E-state index in [4.69, 9.17) is 26.1 Å². The molecule has 0 aliphatic carbocycles. The smallest absolute Gasteiger partial charge is 0.344 e. The predicted molar refractivity (Wildman–Crippen MR) is 130 cm³/mol. The molecule has 1 aliphatic rings. The minimum absolute atomic E-state index is 0.0667. The molecular formula is C24H28ClN3O3S. The van der Waals surface area contributed by atoms with E-state index < -0.39 is 0 Å². The standard InChI is InChI=1S/C24H28ClN3O3S/c1-3-30-23(29)16-31-20-12-17(2)11-18(13-20)15-27-7-4-8-28(10-9-27)24-26-21-6-5-19(25)14-22(21)32-24/h5-6,11-14H,3-4,7-10,15-16H2,1-2H3. The van der Waals surface area contributed by atoms with E-state index in [-0.39, 0.29) is 12.6 Å². The van der Waals surface area contributed by atoms with Crippen LogP contribution in [0.5, 0.6) is 5.75 Å². The fourth-order valence-electron chi connectivity index (χ4n) is 3.94. The van der Waals surface area contributed by atoms with Crippen molar-refractivity contribution in [3.05, 3.63) is 52.5 Å². The first-order chi connectivity index (χ1) is 15.5. The first kappa shape index (κ1) is 22.8. The largest absolute Gasteiger partial charge is 0.482 e. The van der Waals surface area contributed by atoms with E-state index >= 15 is 0 Å². The monoisotopic (exact) mass is 473 g/mol. The molecule has 6 nitrogen and oxygen atoms in total. The summed E-state index contributed by atoms with van der Waals surface area (Å²) in [6.45, 7) is 8.89. The molecule has 0 radical (unpaired) electrons. The molecule has 0 N–H and O–H groups in total. The zero-order chi connectivity index (χ0) is 22.5. The molecule has 2 aromatic carbocycles. The lowest BCUT2D eigenvalue weighted by Gasteiger charge is -2.22. The van der Waals surface area contributed by atoms with E-state index in [2.05, 4.69) is 15.9 Å². The Balaban J connectivity index is 1.37. The van der Waals surface area contributed by atoms with Gasteiger partial charge in [-0.1, -0.05) is 29.0 Å². The van der Waals surface area contributed by atoms with Gasteiger partial charge < -0.3 is 14.4 Å². The van der Waals surface area contributed by atoms with Crippen LogP contribution in [-0.2, 0) is 16.1 Å². The number of esters is 1. The number of carbonyl (C=O) groups is 1. The van der Waals surface area contributed by atoms with Crippen molar-refractivity contribution in [1.82, 2.24) is 9.88 Å². The van der Waals surface area contributed by atoms with Crippen LogP contribution in [0.3, 0.4) is 0 Å². The highest BCUT2D eigenvalue weighted by Gasteiger charge is 2.18. The number of rotatable bonds is 7. The number of benzene rings is 2. The Morgan fingerprint density at radius 3 is 2.88 bits per heavy atom. The zero-order valence-corrected chi connectivity index (χ0v) is 20.0. The van der Waals surface area contributed by atoms with Gasteiger partial charge in [-0.2, -0.15) is 0 Å². The molecule has 1 aliphatic heterocycles. The SMILES string of the molecule is CCOC(=O)COc1cc(C)cc(CN2CCCN(c3nc4ccc(Cl)cc4s3)CC2)c1. The summed E-state index contributed by atoms with van der Waals surface area (Å²) in [5.74, 6) is 0.359. The van der Waals surface area contributed by atoms with Crippen LogP contribution in [-0.4, -0.2) is 55.2 Å². The minimum atomic E-state index is -0.347. The van der Waals surface area contributed by atoms with Crippen molar-refractivity contribution < 1.29 is 14.3 Å². The van der Waals surface area contributed by atoms with Gasteiger partial charge >= 0.3 is 5.97 Å². The molecule has 170 valence electrons. The lowest BCUT2D eigenvalue weighted by atomic mass is 10.1. The number of aromatic nitrogens is 1. The van der Waals surface area contributed by atoms with E-state index in [0.717, 1.165) is 65.1 Å². The van der Waals surface area contributed by atoms with Crippen LogP contribution in [0.2, 0.25) is 5.02 Å². The predicted octanol–water partition coefficient (Wildman–Crippen LogP) is 4.91. The van der Waals surface area contributed by atoms with Crippen molar-refractivity contribution in [3.8, 4) is 5.75 Å². The van der Waals surface area contributed by atoms with Crippen LogP contribution >= 0.6 is 22.9 Å². The van der Waals surface area contributed by atoms with Crippen LogP contribution in [0, 0.1) is 6.92 Å². The molecule has 2 heterocycles. The van der Waals surface area contributed by atoms with Gasteiger partial charge in [-0.05, 0) is 61.7 Å². The second-order valence-electron chi connectivity index (χ2n) is 7.97. The summed E-state index contributed by atoms with van der Waals surface area (Å²) in [6, 6.07) is 12.0. The van der Waals surface area contributed by atoms with Crippen LogP contribution in [0.15, 0.2) is 36.4 Å². The average molecular weight is 474 g/mol. The first-order valence-electron chi connectivity index (χ1n) is 10.9. The molecule has 0 unspecified atom stereocenters. The Morgan fingerprint density at radius 2 is 2.03 bits per heavy atom. The van der Waals surface area contributed by atoms with Crippen molar-refractivity contribution >= 4 is 44.3 Å². The Labute approximate surface area is 197 Å². The topological polar surface area (TPSA) is 54.9 Å². The van der Waals surface area contributed by atoms with Crippen molar-refractivity contribution in [2.75, 3.05) is 44.3 Å². The molecule has 32 heavy (non-hydrogen) atoms. The average Bonchev–Trinajstić information content (AvgIpc) is 3.03. The van der Waals surface area contributed by atoms with Crippen LogP contribution < -0.4 is 9.64 Å². The molecule has 1 fully saturated rings. The number of fused-ring (bicyclic) bond motifs is 1. The van der Waals surface area contributed by atoms with Gasteiger partial charge in [0.2, 0.25) is 0 Å². The number of hydrogen-bond donors (Lipinski definition) is 0. The molecule has 0 amide bonds. The summed E-state index contributed by atoms with van der Waals surface area (Å²) < 4.78 is 11.7. The second kappa shape index (κ2) is 10.5. The summed E-state index contributed by atoms with van der Waals surface area (Å²) in [4.78, 5) is 21.2. The van der Waals surface area contributed by atoms with Gasteiger partial charge in [0.15, 0.2) is 11.7 Å². The van der Waals surface area contributed by atoms with Gasteiger partial charge in [0.25, 0.3) is 0 Å². The molecule has 0 saturated carbocycles. The number of carbonyl (C=O) groups excluding carboxylic acids is 1. The quantitative estimate of drug-likeness (QED) is 0.454. The van der Waals surface area contributed by atoms with Crippen molar-refractivity contribution in [1.29, 1.82) is 0 Å². The lowest BCUT2D eigenvalue weighted by molar-refractivity contribution is -0.145. The van der Waals surface area contributed by atoms with Crippen LogP contribution in [0.25, 0.3) is 10.2 Å². The van der Waals surface area contributed by atoms with E-state index in [1.165, 1.54) is 5.56 Å². The molecule has 8 heteroatoms. The van der Waals surface area contributed by atoms with Gasteiger partial charge in [0.1, 0.15) is 5.75 Å². The molecule has 3 aromatic rings. The van der Waals surface area contributed by atoms with Gasteiger partial charge in [-0.25, -0.2) is 9.78 Å². The second-order valence-corrected chi connectivity index (χ2v) is 9.42. The van der Waals surface area contributed by atoms with E-state index in [9.17, 15) is 4.79 Å². The summed E-state index contributed by atoms with van der Waals surface area (Å²) in [7, 11) is 0. The van der Waals surface area contributed by atoms with Crippen LogP contribution in [0.1, 0.15) is 24.5 Å². The number of thiazole rings is 1. The summed E-state index contributed by atoms with van der Waals surface area (Å²) in [5, 5.41) is 1.81. The van der Waals surface area contributed by atoms with Crippen molar-refractivity contribution in [2.45, 2.75) is 26.8 Å². The number of aryl methyl sites for hydroxylation is 1. The molecule has 0 bridgehead atoms. The number of halogens is 1. The van der Waals surface area contributed by atoms with Crippen molar-refractivity contribution in [3.63, 3.8) is 0 Å². The highest BCUT2D eigenvalue weighted by Crippen LogP contribution is 2.31. The van der Waals surface area contributed by atoms with E-state index in [0.29, 0.717) is 12.4 Å². The Kier molecular flexibility index (Phi) is 7.50. The molecule has 1 saturated heterocycles. The fraction of sp³-hybridized carbons (Fsp3) is 0.417. The third kappa shape index (κ3) is 5.91. The lowest BCUT2D eigenvalue weighted by Crippen LogP contribution is -2.30. The van der Waals surface area contributed by atoms with Gasteiger partial charge in [-0.15, -0.1) is 0 Å². The van der Waals surface area contributed by atoms with Gasteiger partial charge in [0, 0.05) is 37.7 Å². The third-order valence-electron chi connectivity index (χ3n) is 5.38. The fourth-order valence-corrected chi connectivity index (χ4v) is 5.24. The third-order valence-corrected chi connectivity index (χ3v) is 6.69. The molecule has 4 rings (SSSR count). The molecule has 0 atom stereocenters. The number of anilines is 1. The summed E-state index contributed by atoms with van der Waals surface area (Å²) in [6.07, 6.45) is 1.08. The highest BCUT2D eigenvalue weighted by atomic mass is 35.5. The minimum Gasteiger partial charge on any atom is -0.482 e. The van der Waals surface area contributed by atoms with Crippen LogP contribution in [0.4, 0.5) is 5.13 Å². The normalized spacial score (nSPS) is 15.0. The maximum absolute atomic E-state index is 11.6. The number of nitrogens with zero attached hydrogens (tertiary/aromatic N) is 3. The number of hydrogen-bond acceptors (Lipinski definition) is 7. The van der Waals surface area contributed by atoms with E-state index in [1.807, 2.05) is 37.3 Å². The Hall–Kier alpha value is -2.35. The van der Waals surface area contributed by atoms with E-state index in [1.54, 1.807) is 18.3 Å². The summed E-state index contributed by atoms with van der Waals surface area (Å²) >= 11 is 7.84. The zero-order valence-electron chi connectivity index (χ0n) is 18.5. The molecule has 0 spiro atoms. The van der Waals surface area contributed by atoms with Gasteiger partial charge in [0.05, 0.1) is 16.8 Å². The molecular weight excluding hydrogens is 446 g/mol. The number of ether oxygens (including phenoxy) is 2. The Bertz CT molecular complexity index is 1090. The first-order valence-corrected chi connectivity index (χ1v) is 12.1. The van der Waals surface area contributed by atoms with Crippen molar-refractivity contribution in [2.24, 2.45) is 0 Å². The highest BCUT2D eigenvalue weighted by molar-refractivity contribution is 7.22. The Morgan fingerprint density at radius 1 is 1.16 bits per heavy atom. The maximum Gasteiger partial charge on any atom is 0.344 e. The summed E-state index contributed by atoms with van der Waals surface area (Å²) in [5.41, 5.74) is 3.31. The maximum atomic E-state index is 11.6. The van der Waals surface area contributed by atoms with Gasteiger partial charge in [-0.3, -0.25) is 4.90 Å².